The van der Waals surface area contributed by atoms with Gasteiger partial charge in [0.1, 0.15) is 0 Å². The Labute approximate surface area is 103 Å². The van der Waals surface area contributed by atoms with Crippen molar-refractivity contribution in [1.82, 2.24) is 5.32 Å². The van der Waals surface area contributed by atoms with Crippen molar-refractivity contribution in [3.63, 3.8) is 0 Å². The third-order valence-corrected chi connectivity index (χ3v) is 2.58. The standard InChI is InChI=1S/C14H20N2O/c1-10(2)9-16-14(17)8-11(3)12-4-6-13(15)7-5-12/h4-7,11H,1,8-9,15H2,2-3H3,(H,16,17). The number of rotatable bonds is 5. The van der Waals surface area contributed by atoms with Crippen molar-refractivity contribution in [2.24, 2.45) is 0 Å². The summed E-state index contributed by atoms with van der Waals surface area (Å²) in [4.78, 5) is 11.6. The molecular weight excluding hydrogens is 212 g/mol. The number of carbonyl (C=O) groups is 1. The Morgan fingerprint density at radius 3 is 2.53 bits per heavy atom. The van der Waals surface area contributed by atoms with Crippen molar-refractivity contribution in [2.75, 3.05) is 12.3 Å². The summed E-state index contributed by atoms with van der Waals surface area (Å²) in [5.74, 6) is 0.248. The van der Waals surface area contributed by atoms with Crippen LogP contribution in [0.5, 0.6) is 0 Å². The zero-order valence-corrected chi connectivity index (χ0v) is 10.5. The number of carbonyl (C=O) groups excluding carboxylic acids is 1. The zero-order chi connectivity index (χ0) is 12.8. The van der Waals surface area contributed by atoms with E-state index < -0.39 is 0 Å². The van der Waals surface area contributed by atoms with Crippen LogP contribution in [0.3, 0.4) is 0 Å². The Morgan fingerprint density at radius 2 is 2.00 bits per heavy atom. The van der Waals surface area contributed by atoms with Crippen LogP contribution >= 0.6 is 0 Å². The molecular formula is C14H20N2O. The SMILES string of the molecule is C=C(C)CNC(=O)CC(C)c1ccc(N)cc1. The molecule has 1 aromatic carbocycles. The monoisotopic (exact) mass is 232 g/mol. The van der Waals surface area contributed by atoms with E-state index in [0.29, 0.717) is 13.0 Å². The highest BCUT2D eigenvalue weighted by Gasteiger charge is 2.10. The quantitative estimate of drug-likeness (QED) is 0.605. The summed E-state index contributed by atoms with van der Waals surface area (Å²) >= 11 is 0. The molecule has 0 radical (unpaired) electrons. The third kappa shape index (κ3) is 4.72. The van der Waals surface area contributed by atoms with Gasteiger partial charge >= 0.3 is 0 Å². The first kappa shape index (κ1) is 13.3. The molecule has 0 aromatic heterocycles. The van der Waals surface area contributed by atoms with Gasteiger partial charge in [0.2, 0.25) is 5.91 Å². The predicted octanol–water partition coefficient (Wildman–Crippen LogP) is 2.45. The fourth-order valence-corrected chi connectivity index (χ4v) is 1.54. The van der Waals surface area contributed by atoms with Crippen LogP contribution in [-0.2, 0) is 4.79 Å². The minimum atomic E-state index is 0.0531. The van der Waals surface area contributed by atoms with Crippen LogP contribution in [0.1, 0.15) is 31.7 Å². The van der Waals surface area contributed by atoms with Gasteiger partial charge in [0.25, 0.3) is 0 Å². The normalized spacial score (nSPS) is 11.9. The van der Waals surface area contributed by atoms with Gasteiger partial charge in [-0.05, 0) is 30.5 Å². The average Bonchev–Trinajstić information content (AvgIpc) is 2.27. The lowest BCUT2D eigenvalue weighted by molar-refractivity contribution is -0.121. The summed E-state index contributed by atoms with van der Waals surface area (Å²) in [7, 11) is 0. The van der Waals surface area contributed by atoms with Crippen molar-refractivity contribution < 1.29 is 4.79 Å². The number of nitrogens with one attached hydrogen (secondary N) is 1. The Balaban J connectivity index is 2.48. The highest BCUT2D eigenvalue weighted by Crippen LogP contribution is 2.19. The van der Waals surface area contributed by atoms with E-state index in [1.54, 1.807) is 0 Å². The van der Waals surface area contributed by atoms with E-state index in [0.717, 1.165) is 16.8 Å². The summed E-state index contributed by atoms with van der Waals surface area (Å²) in [6.45, 7) is 8.22. The number of nitrogens with two attached hydrogens (primary N) is 1. The summed E-state index contributed by atoms with van der Waals surface area (Å²) in [6.07, 6.45) is 0.483. The van der Waals surface area contributed by atoms with Gasteiger partial charge in [-0.15, -0.1) is 0 Å². The maximum absolute atomic E-state index is 11.6. The van der Waals surface area contributed by atoms with Crippen molar-refractivity contribution in [2.45, 2.75) is 26.2 Å². The lowest BCUT2D eigenvalue weighted by Crippen LogP contribution is -2.25. The Morgan fingerprint density at radius 1 is 1.41 bits per heavy atom. The van der Waals surface area contributed by atoms with E-state index in [4.69, 9.17) is 5.73 Å². The topological polar surface area (TPSA) is 55.1 Å². The number of anilines is 1. The largest absolute Gasteiger partial charge is 0.399 e. The molecule has 0 aliphatic rings. The predicted molar refractivity (Wildman–Crippen MR) is 71.7 cm³/mol. The molecule has 17 heavy (non-hydrogen) atoms. The van der Waals surface area contributed by atoms with E-state index in [2.05, 4.69) is 11.9 Å². The van der Waals surface area contributed by atoms with Gasteiger partial charge < -0.3 is 11.1 Å². The lowest BCUT2D eigenvalue weighted by Gasteiger charge is -2.12. The van der Waals surface area contributed by atoms with Gasteiger partial charge in [-0.25, -0.2) is 0 Å². The van der Waals surface area contributed by atoms with Gasteiger partial charge in [0, 0.05) is 18.7 Å². The van der Waals surface area contributed by atoms with Crippen LogP contribution in [0.15, 0.2) is 36.4 Å². The molecule has 3 N–H and O–H groups in total. The highest BCUT2D eigenvalue weighted by atomic mass is 16.1. The van der Waals surface area contributed by atoms with E-state index in [9.17, 15) is 4.79 Å². The number of nitrogen functional groups attached to an aromatic ring is 1. The summed E-state index contributed by atoms with van der Waals surface area (Å²) in [5.41, 5.74) is 8.45. The molecule has 0 spiro atoms. The highest BCUT2D eigenvalue weighted by molar-refractivity contribution is 5.77. The summed E-state index contributed by atoms with van der Waals surface area (Å²) in [6, 6.07) is 7.65. The van der Waals surface area contributed by atoms with Crippen molar-refractivity contribution in [3.8, 4) is 0 Å². The number of hydrogen-bond acceptors (Lipinski definition) is 2. The van der Waals surface area contributed by atoms with Crippen LogP contribution in [0.25, 0.3) is 0 Å². The van der Waals surface area contributed by atoms with Crippen LogP contribution in [0.4, 0.5) is 5.69 Å². The number of hydrogen-bond donors (Lipinski definition) is 2. The number of benzene rings is 1. The molecule has 0 aliphatic heterocycles. The molecule has 3 heteroatoms. The first-order valence-corrected chi connectivity index (χ1v) is 5.75. The van der Waals surface area contributed by atoms with Gasteiger partial charge in [-0.1, -0.05) is 31.2 Å². The Kier molecular flexibility index (Phi) is 4.76. The maximum Gasteiger partial charge on any atom is 0.220 e. The summed E-state index contributed by atoms with van der Waals surface area (Å²) < 4.78 is 0. The second-order valence-corrected chi connectivity index (χ2v) is 4.51. The average molecular weight is 232 g/mol. The van der Waals surface area contributed by atoms with Gasteiger partial charge in [-0.3, -0.25) is 4.79 Å². The first-order chi connectivity index (χ1) is 7.99. The van der Waals surface area contributed by atoms with Crippen LogP contribution in [-0.4, -0.2) is 12.5 Å². The molecule has 1 aromatic rings. The molecule has 3 nitrogen and oxygen atoms in total. The molecule has 0 heterocycles. The molecule has 92 valence electrons. The van der Waals surface area contributed by atoms with E-state index in [1.165, 1.54) is 0 Å². The van der Waals surface area contributed by atoms with Gasteiger partial charge in [0.05, 0.1) is 0 Å². The molecule has 0 saturated carbocycles. The minimum absolute atomic E-state index is 0.0531. The second kappa shape index (κ2) is 6.09. The molecule has 1 atom stereocenters. The lowest BCUT2D eigenvalue weighted by atomic mass is 9.97. The smallest absolute Gasteiger partial charge is 0.220 e. The molecule has 0 bridgehead atoms. The Bertz CT molecular complexity index is 395. The van der Waals surface area contributed by atoms with E-state index in [-0.39, 0.29) is 11.8 Å². The molecule has 0 saturated heterocycles. The minimum Gasteiger partial charge on any atom is -0.399 e. The van der Waals surface area contributed by atoms with Crippen molar-refractivity contribution in [3.05, 3.63) is 42.0 Å². The fourth-order valence-electron chi connectivity index (χ4n) is 1.54. The number of amides is 1. The Hall–Kier alpha value is -1.77. The van der Waals surface area contributed by atoms with Gasteiger partial charge in [-0.2, -0.15) is 0 Å². The molecule has 1 unspecified atom stereocenters. The summed E-state index contributed by atoms with van der Waals surface area (Å²) in [5, 5.41) is 2.83. The fraction of sp³-hybridized carbons (Fsp3) is 0.357. The third-order valence-electron chi connectivity index (χ3n) is 2.58. The van der Waals surface area contributed by atoms with Crippen molar-refractivity contribution >= 4 is 11.6 Å². The van der Waals surface area contributed by atoms with Crippen LogP contribution in [0.2, 0.25) is 0 Å². The zero-order valence-electron chi connectivity index (χ0n) is 10.5. The second-order valence-electron chi connectivity index (χ2n) is 4.51. The van der Waals surface area contributed by atoms with Crippen LogP contribution < -0.4 is 11.1 Å². The molecule has 0 fully saturated rings. The van der Waals surface area contributed by atoms with Crippen molar-refractivity contribution in [1.29, 1.82) is 0 Å². The molecule has 1 amide bonds. The van der Waals surface area contributed by atoms with Crippen LogP contribution in [0, 0.1) is 0 Å². The maximum atomic E-state index is 11.6. The molecule has 1 rings (SSSR count). The van der Waals surface area contributed by atoms with Gasteiger partial charge in [0.15, 0.2) is 0 Å². The first-order valence-electron chi connectivity index (χ1n) is 5.75. The van der Waals surface area contributed by atoms with E-state index in [1.807, 2.05) is 38.1 Å². The molecule has 0 aliphatic carbocycles. The van der Waals surface area contributed by atoms with E-state index >= 15 is 0 Å².